The Kier molecular flexibility index (Phi) is 6.83. The van der Waals surface area contributed by atoms with E-state index in [1.54, 1.807) is 6.92 Å². The summed E-state index contributed by atoms with van der Waals surface area (Å²) in [4.78, 5) is 64.8. The first-order valence-electron chi connectivity index (χ1n) is 11.5. The van der Waals surface area contributed by atoms with Crippen molar-refractivity contribution < 1.29 is 33.4 Å². The Labute approximate surface area is 195 Å². The molecule has 3 atom stereocenters. The van der Waals surface area contributed by atoms with Crippen molar-refractivity contribution in [2.45, 2.75) is 64.8 Å². The van der Waals surface area contributed by atoms with Crippen LogP contribution in [0.3, 0.4) is 0 Å². The largest absolute Gasteiger partial charge is 0.462 e. The fourth-order valence-corrected chi connectivity index (χ4v) is 6.30. The predicted molar refractivity (Wildman–Crippen MR) is 119 cm³/mol. The predicted octanol–water partition coefficient (Wildman–Crippen LogP) is 2.46. The fourth-order valence-electron chi connectivity index (χ4n) is 5.01. The highest BCUT2D eigenvalue weighted by Crippen LogP contribution is 2.40. The maximum Gasteiger partial charge on any atom is 0.341 e. The van der Waals surface area contributed by atoms with Crippen molar-refractivity contribution in [3.05, 3.63) is 16.0 Å². The van der Waals surface area contributed by atoms with E-state index in [4.69, 9.17) is 9.47 Å². The number of carbonyl (C=O) groups excluding carboxylic acids is 5. The summed E-state index contributed by atoms with van der Waals surface area (Å²) in [6.45, 7) is 2.79. The molecule has 1 N–H and O–H groups in total. The quantitative estimate of drug-likeness (QED) is 0.474. The molecule has 3 unspecified atom stereocenters. The molecule has 0 spiro atoms. The summed E-state index contributed by atoms with van der Waals surface area (Å²) in [5.74, 6) is -3.26. The molecule has 0 aromatic carbocycles. The van der Waals surface area contributed by atoms with Crippen molar-refractivity contribution in [2.24, 2.45) is 11.8 Å². The number of likely N-dealkylation sites (tertiary alicyclic amines) is 1. The molecule has 10 heteroatoms. The molecule has 0 bridgehead atoms. The van der Waals surface area contributed by atoms with Crippen LogP contribution in [0, 0.1) is 11.8 Å². The van der Waals surface area contributed by atoms with Crippen LogP contribution in [-0.4, -0.2) is 53.8 Å². The zero-order valence-corrected chi connectivity index (χ0v) is 19.6. The van der Waals surface area contributed by atoms with E-state index < -0.39 is 30.5 Å². The molecule has 1 aromatic rings. The summed E-state index contributed by atoms with van der Waals surface area (Å²) < 4.78 is 10.3. The lowest BCUT2D eigenvalue weighted by Gasteiger charge is -2.21. The van der Waals surface area contributed by atoms with Gasteiger partial charge in [-0.2, -0.15) is 0 Å². The second-order valence-electron chi connectivity index (χ2n) is 8.66. The minimum absolute atomic E-state index is 0.224. The number of anilines is 1. The summed E-state index contributed by atoms with van der Waals surface area (Å²) in [5.41, 5.74) is 1.28. The molecule has 2 heterocycles. The molecular formula is C23H28N2O7S. The van der Waals surface area contributed by atoms with E-state index >= 15 is 0 Å². The van der Waals surface area contributed by atoms with Crippen molar-refractivity contribution >= 4 is 46.0 Å². The van der Waals surface area contributed by atoms with E-state index in [1.165, 1.54) is 18.3 Å². The lowest BCUT2D eigenvalue weighted by atomic mass is 9.81. The van der Waals surface area contributed by atoms with Crippen LogP contribution in [0.15, 0.2) is 0 Å². The van der Waals surface area contributed by atoms with Crippen LogP contribution in [0.4, 0.5) is 5.00 Å². The molecule has 2 fully saturated rings. The second-order valence-corrected chi connectivity index (χ2v) is 9.76. The summed E-state index contributed by atoms with van der Waals surface area (Å²) in [6, 6.07) is -1.09. The molecule has 3 amide bonds. The molecule has 0 radical (unpaired) electrons. The molecule has 3 aliphatic rings. The van der Waals surface area contributed by atoms with Gasteiger partial charge >= 0.3 is 11.9 Å². The third-order valence-corrected chi connectivity index (χ3v) is 7.81. The maximum absolute atomic E-state index is 12.7. The van der Waals surface area contributed by atoms with Gasteiger partial charge in [-0.1, -0.05) is 12.8 Å². The monoisotopic (exact) mass is 476 g/mol. The van der Waals surface area contributed by atoms with Crippen LogP contribution in [0.25, 0.3) is 0 Å². The molecular weight excluding hydrogens is 448 g/mol. The molecule has 9 nitrogen and oxygen atoms in total. The Morgan fingerprint density at radius 2 is 1.73 bits per heavy atom. The van der Waals surface area contributed by atoms with Gasteiger partial charge in [0.1, 0.15) is 11.0 Å². The first-order valence-corrected chi connectivity index (χ1v) is 12.3. The zero-order valence-electron chi connectivity index (χ0n) is 18.8. The SMILES string of the molecule is CCOC(=O)c1c(NC(=O)COC(=O)C(C)N2C(=O)C3CCCCC3C2=O)sc2c1CCC2. The van der Waals surface area contributed by atoms with Gasteiger partial charge in [-0.3, -0.25) is 19.3 Å². The fraction of sp³-hybridized carbons (Fsp3) is 0.609. The molecule has 1 aliphatic heterocycles. The van der Waals surface area contributed by atoms with Crippen LogP contribution in [-0.2, 0) is 41.5 Å². The van der Waals surface area contributed by atoms with Crippen molar-refractivity contribution in [2.75, 3.05) is 18.5 Å². The summed E-state index contributed by atoms with van der Waals surface area (Å²) in [7, 11) is 0. The van der Waals surface area contributed by atoms with Gasteiger partial charge in [0.15, 0.2) is 6.61 Å². The number of imide groups is 1. The van der Waals surface area contributed by atoms with Crippen LogP contribution in [0.1, 0.15) is 66.8 Å². The number of aryl methyl sites for hydroxylation is 1. The van der Waals surface area contributed by atoms with Crippen LogP contribution >= 0.6 is 11.3 Å². The number of amides is 3. The van der Waals surface area contributed by atoms with E-state index in [1.807, 2.05) is 0 Å². The van der Waals surface area contributed by atoms with E-state index in [0.717, 1.165) is 47.4 Å². The number of rotatable bonds is 7. The van der Waals surface area contributed by atoms with Gasteiger partial charge in [-0.05, 0) is 51.5 Å². The molecule has 4 rings (SSSR count). The first kappa shape index (κ1) is 23.4. The van der Waals surface area contributed by atoms with Gasteiger partial charge in [0, 0.05) is 4.88 Å². The van der Waals surface area contributed by atoms with Crippen LogP contribution in [0.5, 0.6) is 0 Å². The summed E-state index contributed by atoms with van der Waals surface area (Å²) in [6.07, 6.45) is 5.65. The highest BCUT2D eigenvalue weighted by atomic mass is 32.1. The summed E-state index contributed by atoms with van der Waals surface area (Å²) >= 11 is 1.33. The standard InChI is InChI=1S/C23H28N2O7S/c1-3-31-23(30)18-15-9-6-10-16(15)33-19(18)24-17(26)11-32-22(29)12(2)25-20(27)13-7-4-5-8-14(13)21(25)28/h12-14H,3-11H2,1-2H3,(H,24,26). The number of hydrogen-bond donors (Lipinski definition) is 1. The van der Waals surface area contributed by atoms with E-state index in [2.05, 4.69) is 5.32 Å². The second kappa shape index (κ2) is 9.62. The molecule has 1 aromatic heterocycles. The average Bonchev–Trinajstić information content (AvgIpc) is 3.44. The van der Waals surface area contributed by atoms with Crippen molar-refractivity contribution in [1.29, 1.82) is 0 Å². The Balaban J connectivity index is 1.37. The first-order chi connectivity index (χ1) is 15.8. The van der Waals surface area contributed by atoms with Gasteiger partial charge in [0.2, 0.25) is 11.8 Å². The number of hydrogen-bond acceptors (Lipinski definition) is 8. The number of nitrogens with one attached hydrogen (secondary N) is 1. The molecule has 2 aliphatic carbocycles. The highest BCUT2D eigenvalue weighted by molar-refractivity contribution is 7.17. The Morgan fingerprint density at radius 3 is 2.36 bits per heavy atom. The van der Waals surface area contributed by atoms with E-state index in [9.17, 15) is 24.0 Å². The Bertz CT molecular complexity index is 977. The third-order valence-electron chi connectivity index (χ3n) is 6.60. The van der Waals surface area contributed by atoms with Gasteiger partial charge in [-0.15, -0.1) is 11.3 Å². The third kappa shape index (κ3) is 4.40. The van der Waals surface area contributed by atoms with Gasteiger partial charge in [0.25, 0.3) is 5.91 Å². The van der Waals surface area contributed by atoms with Gasteiger partial charge in [-0.25, -0.2) is 9.59 Å². The van der Waals surface area contributed by atoms with Gasteiger partial charge in [0.05, 0.1) is 24.0 Å². The van der Waals surface area contributed by atoms with E-state index in [0.29, 0.717) is 23.4 Å². The van der Waals surface area contributed by atoms with E-state index in [-0.39, 0.29) is 30.3 Å². The summed E-state index contributed by atoms with van der Waals surface area (Å²) in [5, 5.41) is 3.05. The molecule has 33 heavy (non-hydrogen) atoms. The molecule has 178 valence electrons. The number of esters is 2. The van der Waals surface area contributed by atoms with Gasteiger partial charge < -0.3 is 14.8 Å². The lowest BCUT2D eigenvalue weighted by molar-refractivity contribution is -0.159. The number of nitrogens with zero attached hydrogens (tertiary/aromatic N) is 1. The number of thiophene rings is 1. The average molecular weight is 477 g/mol. The Hall–Kier alpha value is -2.75. The topological polar surface area (TPSA) is 119 Å². The highest BCUT2D eigenvalue weighted by Gasteiger charge is 2.51. The zero-order chi connectivity index (χ0) is 23.7. The van der Waals surface area contributed by atoms with Crippen molar-refractivity contribution in [3.8, 4) is 0 Å². The normalized spacial score (nSPS) is 22.5. The van der Waals surface area contributed by atoms with Crippen molar-refractivity contribution in [3.63, 3.8) is 0 Å². The van der Waals surface area contributed by atoms with Crippen LogP contribution < -0.4 is 5.32 Å². The lowest BCUT2D eigenvalue weighted by Crippen LogP contribution is -2.45. The smallest absolute Gasteiger partial charge is 0.341 e. The number of ether oxygens (including phenoxy) is 2. The Morgan fingerprint density at radius 1 is 1.06 bits per heavy atom. The van der Waals surface area contributed by atoms with Crippen LogP contribution in [0.2, 0.25) is 0 Å². The number of fused-ring (bicyclic) bond motifs is 2. The van der Waals surface area contributed by atoms with Crippen molar-refractivity contribution in [1.82, 2.24) is 4.90 Å². The minimum atomic E-state index is -1.09. The molecule has 1 saturated heterocycles. The molecule has 1 saturated carbocycles. The minimum Gasteiger partial charge on any atom is -0.462 e. The maximum atomic E-state index is 12.7. The number of carbonyl (C=O) groups is 5.